The van der Waals surface area contributed by atoms with Gasteiger partial charge in [0.25, 0.3) is 0 Å². The lowest BCUT2D eigenvalue weighted by Crippen LogP contribution is -2.11. The van der Waals surface area contributed by atoms with E-state index in [1.165, 1.54) is 93.3 Å². The molecule has 0 fully saturated rings. The molecule has 288 valence electrons. The summed E-state index contributed by atoms with van der Waals surface area (Å²) < 4.78 is 0. The van der Waals surface area contributed by atoms with Crippen LogP contribution in [0.4, 0.5) is 11.4 Å². The number of hydrogen-bond acceptors (Lipinski definition) is 2. The third kappa shape index (κ3) is 11.1. The van der Waals surface area contributed by atoms with Gasteiger partial charge in [0.05, 0.1) is 0 Å². The van der Waals surface area contributed by atoms with E-state index in [1.807, 2.05) is 24.3 Å². The van der Waals surface area contributed by atoms with Crippen molar-refractivity contribution in [3.63, 3.8) is 0 Å². The molecule has 0 aliphatic heterocycles. The third-order valence-corrected chi connectivity index (χ3v) is 11.6. The van der Waals surface area contributed by atoms with Gasteiger partial charge in [0.15, 0.2) is 0 Å². The van der Waals surface area contributed by atoms with E-state index >= 15 is 0 Å². The van der Waals surface area contributed by atoms with Gasteiger partial charge in [-0.2, -0.15) is 0 Å². The van der Waals surface area contributed by atoms with Crippen molar-refractivity contribution in [2.75, 3.05) is 11.5 Å². The molecule has 2 atom stereocenters. The summed E-state index contributed by atoms with van der Waals surface area (Å²) >= 11 is 0. The van der Waals surface area contributed by atoms with E-state index in [0.29, 0.717) is 0 Å². The molecule has 0 aliphatic carbocycles. The fourth-order valence-corrected chi connectivity index (χ4v) is 8.32. The Balaban J connectivity index is 1.19. The number of hydrogen-bond donors (Lipinski definition) is 2. The predicted molar refractivity (Wildman–Crippen MR) is 243 cm³/mol. The first-order valence-corrected chi connectivity index (χ1v) is 21.1. The van der Waals surface area contributed by atoms with Crippen LogP contribution in [-0.2, 0) is 32.1 Å². The Labute approximate surface area is 341 Å². The number of nitrogen functional groups attached to an aromatic ring is 2. The van der Waals surface area contributed by atoms with Crippen molar-refractivity contribution in [3.8, 4) is 0 Å². The van der Waals surface area contributed by atoms with Crippen LogP contribution < -0.4 is 11.5 Å². The third-order valence-electron chi connectivity index (χ3n) is 11.6. The highest BCUT2D eigenvalue weighted by atomic mass is 14.5. The van der Waals surface area contributed by atoms with Crippen LogP contribution in [0.2, 0.25) is 0 Å². The molecule has 0 saturated heterocycles. The lowest BCUT2D eigenvalue weighted by Gasteiger charge is -2.25. The fraction of sp³-hybridized carbons (Fsp3) is 0.236. The molecule has 7 rings (SSSR count). The Morgan fingerprint density at radius 1 is 0.386 bits per heavy atom. The van der Waals surface area contributed by atoms with Gasteiger partial charge in [-0.05, 0) is 124 Å². The summed E-state index contributed by atoms with van der Waals surface area (Å²) in [5.74, 6) is 0.517. The van der Waals surface area contributed by atoms with Crippen LogP contribution >= 0.6 is 0 Å². The molecule has 0 aromatic heterocycles. The molecule has 2 unspecified atom stereocenters. The topological polar surface area (TPSA) is 52.0 Å². The van der Waals surface area contributed by atoms with Gasteiger partial charge < -0.3 is 11.5 Å². The minimum Gasteiger partial charge on any atom is -0.399 e. The summed E-state index contributed by atoms with van der Waals surface area (Å²) in [7, 11) is 0. The summed E-state index contributed by atoms with van der Waals surface area (Å²) in [6.45, 7) is 2.30. The second-order valence-corrected chi connectivity index (χ2v) is 15.9. The summed E-state index contributed by atoms with van der Waals surface area (Å²) in [5.41, 5.74) is 28.5. The van der Waals surface area contributed by atoms with Crippen LogP contribution in [0, 0.1) is 0 Å². The van der Waals surface area contributed by atoms with E-state index in [2.05, 4.69) is 159 Å². The van der Waals surface area contributed by atoms with Gasteiger partial charge >= 0.3 is 0 Å². The molecular weight excluding hydrogens is 689 g/mol. The van der Waals surface area contributed by atoms with E-state index in [-0.39, 0.29) is 11.8 Å². The average molecular weight is 747 g/mol. The molecule has 0 amide bonds. The number of unbranched alkanes of at least 4 members (excludes halogenated alkanes) is 4. The van der Waals surface area contributed by atoms with Crippen LogP contribution in [0.3, 0.4) is 0 Å². The van der Waals surface area contributed by atoms with Crippen molar-refractivity contribution in [1.82, 2.24) is 0 Å². The van der Waals surface area contributed by atoms with E-state index in [9.17, 15) is 0 Å². The molecule has 7 aromatic carbocycles. The van der Waals surface area contributed by atoms with Gasteiger partial charge in [0.1, 0.15) is 0 Å². The van der Waals surface area contributed by atoms with E-state index in [4.69, 9.17) is 11.5 Å². The molecule has 0 saturated carbocycles. The average Bonchev–Trinajstić information content (AvgIpc) is 3.25. The molecule has 0 heterocycles. The van der Waals surface area contributed by atoms with Gasteiger partial charge in [-0.25, -0.2) is 0 Å². The van der Waals surface area contributed by atoms with Gasteiger partial charge in [-0.15, -0.1) is 0 Å². The molecule has 0 aliphatic rings. The van der Waals surface area contributed by atoms with Crippen molar-refractivity contribution >= 4 is 11.4 Å². The fourth-order valence-electron chi connectivity index (χ4n) is 8.32. The molecule has 0 radical (unpaired) electrons. The first-order valence-electron chi connectivity index (χ1n) is 21.1. The van der Waals surface area contributed by atoms with Crippen LogP contribution in [0.5, 0.6) is 0 Å². The molecule has 0 bridgehead atoms. The van der Waals surface area contributed by atoms with Gasteiger partial charge in [0, 0.05) is 23.2 Å². The van der Waals surface area contributed by atoms with Crippen molar-refractivity contribution in [2.24, 2.45) is 0 Å². The lowest BCUT2D eigenvalue weighted by molar-refractivity contribution is 0.628. The number of rotatable bonds is 18. The quantitative estimate of drug-likeness (QED) is 0.0679. The summed E-state index contributed by atoms with van der Waals surface area (Å²) in [4.78, 5) is 0. The van der Waals surface area contributed by atoms with Crippen molar-refractivity contribution < 1.29 is 0 Å². The highest BCUT2D eigenvalue weighted by Crippen LogP contribution is 2.36. The first-order chi connectivity index (χ1) is 28.0. The second-order valence-electron chi connectivity index (χ2n) is 15.9. The van der Waals surface area contributed by atoms with E-state index in [0.717, 1.165) is 43.5 Å². The Morgan fingerprint density at radius 3 is 1.30 bits per heavy atom. The van der Waals surface area contributed by atoms with Crippen molar-refractivity contribution in [2.45, 2.75) is 83.0 Å². The maximum Gasteiger partial charge on any atom is 0.0314 e. The van der Waals surface area contributed by atoms with Gasteiger partial charge in [-0.3, -0.25) is 0 Å². The van der Waals surface area contributed by atoms with Crippen LogP contribution in [0.25, 0.3) is 0 Å². The SMILES string of the molecule is CCCCCCCc1cc(C(Cc2ccc(Cc3ccc(N)cc3)cc2)c2ccccc2)ccc1C(Cc1ccc(Cc2ccc(N)cc2)cc1)c1ccccc1. The second kappa shape index (κ2) is 19.8. The minimum atomic E-state index is 0.255. The molecule has 2 nitrogen and oxygen atoms in total. The number of aryl methyl sites for hydroxylation is 1. The maximum absolute atomic E-state index is 5.94. The Hall–Kier alpha value is -5.86. The number of nitrogens with two attached hydrogens (primary N) is 2. The van der Waals surface area contributed by atoms with Crippen LogP contribution in [-0.4, -0.2) is 0 Å². The zero-order valence-electron chi connectivity index (χ0n) is 33.6. The zero-order valence-corrected chi connectivity index (χ0v) is 33.6. The summed E-state index contributed by atoms with van der Waals surface area (Å²) in [6.07, 6.45) is 11.2. The largest absolute Gasteiger partial charge is 0.399 e. The Kier molecular flexibility index (Phi) is 13.7. The molecule has 0 spiro atoms. The number of benzene rings is 7. The molecular formula is C55H58N2. The molecule has 2 heteroatoms. The molecule has 7 aromatic rings. The smallest absolute Gasteiger partial charge is 0.0314 e. The lowest BCUT2D eigenvalue weighted by atomic mass is 9.79. The highest BCUT2D eigenvalue weighted by Gasteiger charge is 2.22. The monoisotopic (exact) mass is 746 g/mol. The van der Waals surface area contributed by atoms with Gasteiger partial charge in [-0.1, -0.05) is 184 Å². The number of anilines is 2. The summed E-state index contributed by atoms with van der Waals surface area (Å²) in [5, 5.41) is 0. The summed E-state index contributed by atoms with van der Waals surface area (Å²) in [6, 6.07) is 64.8. The minimum absolute atomic E-state index is 0.255. The highest BCUT2D eigenvalue weighted by molar-refractivity contribution is 5.47. The standard InChI is InChI=1S/C55H58N2/c1-2-3-4-5-8-17-49-40-50(54(47-13-9-6-10-14-47)38-45-22-18-41(19-23-45)36-43-26-31-51(56)32-27-43)30-35-53(49)55(48-15-11-7-12-16-48)39-46-24-20-42(21-25-46)37-44-28-33-52(57)34-29-44/h6-7,9-16,18-35,40,54-55H,2-5,8,17,36-39,56-57H2,1H3. The van der Waals surface area contributed by atoms with Gasteiger partial charge in [0.2, 0.25) is 0 Å². The van der Waals surface area contributed by atoms with E-state index < -0.39 is 0 Å². The van der Waals surface area contributed by atoms with Crippen LogP contribution in [0.1, 0.15) is 112 Å². The maximum atomic E-state index is 5.94. The normalized spacial score (nSPS) is 12.3. The molecule has 57 heavy (non-hydrogen) atoms. The predicted octanol–water partition coefficient (Wildman–Crippen LogP) is 13.3. The zero-order chi connectivity index (χ0) is 39.2. The first kappa shape index (κ1) is 39.4. The Bertz CT molecular complexity index is 2240. The Morgan fingerprint density at radius 2 is 0.807 bits per heavy atom. The van der Waals surface area contributed by atoms with Crippen LogP contribution in [0.15, 0.2) is 176 Å². The van der Waals surface area contributed by atoms with Crippen molar-refractivity contribution in [3.05, 3.63) is 237 Å². The van der Waals surface area contributed by atoms with E-state index in [1.54, 1.807) is 0 Å². The van der Waals surface area contributed by atoms with Crippen molar-refractivity contribution in [1.29, 1.82) is 0 Å². The molecule has 4 N–H and O–H groups in total.